The summed E-state index contributed by atoms with van der Waals surface area (Å²) in [6, 6.07) is 3.18. The van der Waals surface area contributed by atoms with Gasteiger partial charge in [0.1, 0.15) is 5.82 Å². The molecular formula is C11H9FN4OS. The number of halogens is 1. The summed E-state index contributed by atoms with van der Waals surface area (Å²) in [6.45, 7) is 2.10. The lowest BCUT2D eigenvalue weighted by Crippen LogP contribution is -2.01. The molecule has 3 aromatic rings. The Morgan fingerprint density at radius 3 is 3.06 bits per heavy atom. The van der Waals surface area contributed by atoms with Gasteiger partial charge in [-0.3, -0.25) is 0 Å². The molecule has 0 aliphatic carbocycles. The first kappa shape index (κ1) is 11.1. The Labute approximate surface area is 106 Å². The highest BCUT2D eigenvalue weighted by atomic mass is 32.1. The molecule has 0 spiro atoms. The van der Waals surface area contributed by atoms with Crippen molar-refractivity contribution in [2.24, 2.45) is 0 Å². The fraction of sp³-hybridized carbons (Fsp3) is 0.182. The van der Waals surface area contributed by atoms with Crippen LogP contribution in [0.5, 0.6) is 0 Å². The van der Waals surface area contributed by atoms with Gasteiger partial charge >= 0.3 is 0 Å². The number of fused-ring (bicyclic) bond motifs is 1. The molecule has 0 saturated heterocycles. The second-order valence-corrected chi connectivity index (χ2v) is 4.37. The fourth-order valence-electron chi connectivity index (χ4n) is 1.84. The van der Waals surface area contributed by atoms with Crippen LogP contribution >= 0.6 is 12.2 Å². The first-order valence-electron chi connectivity index (χ1n) is 5.29. The van der Waals surface area contributed by atoms with E-state index in [2.05, 4.69) is 19.6 Å². The van der Waals surface area contributed by atoms with Crippen LogP contribution in [0.2, 0.25) is 0 Å². The van der Waals surface area contributed by atoms with Crippen LogP contribution in [0.15, 0.2) is 23.0 Å². The summed E-state index contributed by atoms with van der Waals surface area (Å²) >= 11 is 5.21. The van der Waals surface area contributed by atoms with Gasteiger partial charge in [0, 0.05) is 0 Å². The van der Waals surface area contributed by atoms with Crippen LogP contribution in [0.1, 0.15) is 11.4 Å². The Kier molecular flexibility index (Phi) is 2.48. The molecular weight excluding hydrogens is 255 g/mol. The van der Waals surface area contributed by atoms with Crippen molar-refractivity contribution in [2.75, 3.05) is 0 Å². The van der Waals surface area contributed by atoms with E-state index in [-0.39, 0.29) is 5.82 Å². The minimum absolute atomic E-state index is 0.259. The van der Waals surface area contributed by atoms with Crippen molar-refractivity contribution < 1.29 is 8.91 Å². The first-order chi connectivity index (χ1) is 8.65. The van der Waals surface area contributed by atoms with Crippen molar-refractivity contribution in [1.82, 2.24) is 19.7 Å². The van der Waals surface area contributed by atoms with E-state index >= 15 is 0 Å². The molecule has 0 aliphatic rings. The van der Waals surface area contributed by atoms with Crippen molar-refractivity contribution in [1.29, 1.82) is 0 Å². The quantitative estimate of drug-likeness (QED) is 0.723. The van der Waals surface area contributed by atoms with Crippen molar-refractivity contribution >= 4 is 23.3 Å². The summed E-state index contributed by atoms with van der Waals surface area (Å²) in [5.74, 6) is 0.263. The minimum Gasteiger partial charge on any atom is -0.343 e. The molecule has 0 radical (unpaired) electrons. The summed E-state index contributed by atoms with van der Waals surface area (Å²) in [6.07, 6.45) is 1.26. The molecule has 5 nitrogen and oxygen atoms in total. The summed E-state index contributed by atoms with van der Waals surface area (Å²) in [5.41, 5.74) is 2.05. The summed E-state index contributed by atoms with van der Waals surface area (Å²) in [7, 11) is 0. The second-order valence-electron chi connectivity index (χ2n) is 3.98. The third kappa shape index (κ3) is 1.72. The lowest BCUT2D eigenvalue weighted by atomic mass is 10.2. The van der Waals surface area contributed by atoms with E-state index in [0.717, 1.165) is 5.52 Å². The zero-order chi connectivity index (χ0) is 12.7. The van der Waals surface area contributed by atoms with E-state index < -0.39 is 0 Å². The SMILES string of the molecule is Cc1cc2c(cc1F)[nH]c(=S)n2Cc1ncon1. The number of imidazole rings is 1. The van der Waals surface area contributed by atoms with Crippen molar-refractivity contribution in [3.05, 3.63) is 40.5 Å². The molecule has 1 aromatic carbocycles. The lowest BCUT2D eigenvalue weighted by molar-refractivity contribution is 0.408. The topological polar surface area (TPSA) is 59.6 Å². The van der Waals surface area contributed by atoms with Gasteiger partial charge in [0.15, 0.2) is 10.6 Å². The minimum atomic E-state index is -0.259. The third-order valence-electron chi connectivity index (χ3n) is 2.76. The Morgan fingerprint density at radius 1 is 1.50 bits per heavy atom. The van der Waals surface area contributed by atoms with Gasteiger partial charge in [0.05, 0.1) is 17.6 Å². The largest absolute Gasteiger partial charge is 0.343 e. The highest BCUT2D eigenvalue weighted by Gasteiger charge is 2.10. The molecule has 2 aromatic heterocycles. The molecule has 3 rings (SSSR count). The normalized spacial score (nSPS) is 11.2. The van der Waals surface area contributed by atoms with E-state index in [4.69, 9.17) is 12.2 Å². The predicted octanol–water partition coefficient (Wildman–Crippen LogP) is 2.58. The number of aromatic nitrogens is 4. The van der Waals surface area contributed by atoms with Gasteiger partial charge in [-0.1, -0.05) is 5.16 Å². The Hall–Kier alpha value is -2.02. The van der Waals surface area contributed by atoms with E-state index in [9.17, 15) is 4.39 Å². The van der Waals surface area contributed by atoms with Gasteiger partial charge < -0.3 is 14.1 Å². The number of rotatable bonds is 2. The van der Waals surface area contributed by atoms with Gasteiger partial charge in [0.2, 0.25) is 6.39 Å². The number of H-pyrrole nitrogens is 1. The summed E-state index contributed by atoms with van der Waals surface area (Å²) in [4.78, 5) is 6.91. The number of aryl methyl sites for hydroxylation is 1. The zero-order valence-electron chi connectivity index (χ0n) is 9.48. The molecule has 0 atom stereocenters. The maximum absolute atomic E-state index is 13.5. The molecule has 92 valence electrons. The average Bonchev–Trinajstić information content (AvgIpc) is 2.92. The number of hydrogen-bond donors (Lipinski definition) is 1. The Morgan fingerprint density at radius 2 is 2.33 bits per heavy atom. The van der Waals surface area contributed by atoms with Gasteiger partial charge in [-0.05, 0) is 36.8 Å². The van der Waals surface area contributed by atoms with Crippen molar-refractivity contribution in [3.8, 4) is 0 Å². The molecule has 0 unspecified atom stereocenters. The van der Waals surface area contributed by atoms with Crippen LogP contribution in [0, 0.1) is 17.5 Å². The van der Waals surface area contributed by atoms with E-state index in [1.807, 2.05) is 4.57 Å². The summed E-state index contributed by atoms with van der Waals surface area (Å²) < 4.78 is 20.5. The fourth-order valence-corrected chi connectivity index (χ4v) is 2.12. The summed E-state index contributed by atoms with van der Waals surface area (Å²) in [5, 5.41) is 3.74. The highest BCUT2D eigenvalue weighted by molar-refractivity contribution is 7.71. The first-order valence-corrected chi connectivity index (χ1v) is 5.70. The standard InChI is InChI=1S/C11H9FN4OS/c1-6-2-9-8(3-7(6)12)14-11(18)16(9)4-10-13-5-17-15-10/h2-3,5H,4H2,1H3,(H,14,18). The third-order valence-corrected chi connectivity index (χ3v) is 3.08. The number of nitrogens with one attached hydrogen (secondary N) is 1. The van der Waals surface area contributed by atoms with Crippen LogP contribution in [0.3, 0.4) is 0 Å². The smallest absolute Gasteiger partial charge is 0.213 e. The number of aromatic amines is 1. The molecule has 2 heterocycles. The zero-order valence-corrected chi connectivity index (χ0v) is 10.3. The molecule has 0 fully saturated rings. The molecule has 7 heteroatoms. The number of benzene rings is 1. The van der Waals surface area contributed by atoms with E-state index in [0.29, 0.717) is 28.2 Å². The number of hydrogen-bond acceptors (Lipinski definition) is 4. The van der Waals surface area contributed by atoms with Crippen molar-refractivity contribution in [3.63, 3.8) is 0 Å². The monoisotopic (exact) mass is 264 g/mol. The molecule has 0 amide bonds. The molecule has 18 heavy (non-hydrogen) atoms. The average molecular weight is 264 g/mol. The molecule has 1 N–H and O–H groups in total. The maximum atomic E-state index is 13.5. The van der Waals surface area contributed by atoms with Gasteiger partial charge in [-0.25, -0.2) is 4.39 Å². The van der Waals surface area contributed by atoms with Crippen LogP contribution in [0.25, 0.3) is 11.0 Å². The van der Waals surface area contributed by atoms with Crippen LogP contribution in [-0.4, -0.2) is 19.7 Å². The highest BCUT2D eigenvalue weighted by Crippen LogP contribution is 2.19. The Balaban J connectivity index is 2.19. The van der Waals surface area contributed by atoms with E-state index in [1.165, 1.54) is 12.5 Å². The van der Waals surface area contributed by atoms with Crippen LogP contribution < -0.4 is 0 Å². The lowest BCUT2D eigenvalue weighted by Gasteiger charge is -2.02. The molecule has 0 bridgehead atoms. The maximum Gasteiger partial charge on any atom is 0.213 e. The van der Waals surface area contributed by atoms with Crippen LogP contribution in [0.4, 0.5) is 4.39 Å². The molecule has 0 saturated carbocycles. The van der Waals surface area contributed by atoms with Gasteiger partial charge in [-0.2, -0.15) is 4.98 Å². The Bertz CT molecular complexity index is 759. The van der Waals surface area contributed by atoms with E-state index in [1.54, 1.807) is 13.0 Å². The molecule has 0 aliphatic heterocycles. The second kappa shape index (κ2) is 4.02. The predicted molar refractivity (Wildman–Crippen MR) is 65.2 cm³/mol. The number of nitrogens with zero attached hydrogens (tertiary/aromatic N) is 3. The van der Waals surface area contributed by atoms with Crippen LogP contribution in [-0.2, 0) is 6.54 Å². The van der Waals surface area contributed by atoms with Gasteiger partial charge in [-0.15, -0.1) is 0 Å². The van der Waals surface area contributed by atoms with Crippen molar-refractivity contribution in [2.45, 2.75) is 13.5 Å². The van der Waals surface area contributed by atoms with Gasteiger partial charge in [0.25, 0.3) is 0 Å².